The Balaban J connectivity index is 2.31. The molecule has 98 valence electrons. The second kappa shape index (κ2) is 6.50. The Morgan fingerprint density at radius 2 is 2.06 bits per heavy atom. The molecule has 0 radical (unpaired) electrons. The van der Waals surface area contributed by atoms with Crippen LogP contribution in [0.2, 0.25) is 0 Å². The van der Waals surface area contributed by atoms with Gasteiger partial charge in [-0.25, -0.2) is 0 Å². The minimum absolute atomic E-state index is 0.505. The average molecular weight is 283 g/mol. The first kappa shape index (κ1) is 13.8. The highest BCUT2D eigenvalue weighted by Crippen LogP contribution is 2.31. The molecular weight excluding hydrogens is 266 g/mol. The molecule has 1 aromatic carbocycles. The molecule has 1 aliphatic rings. The van der Waals surface area contributed by atoms with Crippen molar-refractivity contribution in [2.75, 3.05) is 30.9 Å². The van der Waals surface area contributed by atoms with E-state index < -0.39 is 12.0 Å². The summed E-state index contributed by atoms with van der Waals surface area (Å²) in [5, 5.41) is 9.54. The Morgan fingerprint density at radius 3 is 2.67 bits per heavy atom. The number of hydrogen-bond acceptors (Lipinski definition) is 4. The molecule has 1 atom stereocenters. The molecule has 1 N–H and O–H groups in total. The van der Waals surface area contributed by atoms with E-state index in [9.17, 15) is 9.90 Å². The zero-order valence-corrected chi connectivity index (χ0v) is 12.0. The fourth-order valence-corrected chi connectivity index (χ4v) is 3.78. The number of carboxylic acids is 1. The predicted octanol–water partition coefficient (Wildman–Crippen LogP) is 2.58. The summed E-state index contributed by atoms with van der Waals surface area (Å²) in [5.41, 5.74) is 0.921. The van der Waals surface area contributed by atoms with Crippen molar-refractivity contribution in [1.82, 2.24) is 4.90 Å². The fourth-order valence-electron chi connectivity index (χ4n) is 2.21. The maximum absolute atomic E-state index is 11.6. The summed E-state index contributed by atoms with van der Waals surface area (Å²) in [6, 6.07) is 7.31. The molecule has 2 rings (SSSR count). The van der Waals surface area contributed by atoms with Crippen molar-refractivity contribution in [2.45, 2.75) is 10.9 Å². The Bertz CT molecular complexity index is 419. The van der Waals surface area contributed by atoms with Gasteiger partial charge in [0.15, 0.2) is 0 Å². The zero-order chi connectivity index (χ0) is 13.0. The lowest BCUT2D eigenvalue weighted by atomic mass is 10.1. The van der Waals surface area contributed by atoms with Gasteiger partial charge in [-0.1, -0.05) is 18.2 Å². The standard InChI is InChI=1S/C13H17NO2S2/c1-17-11-5-3-2-4-10(11)12(13(15)16)14-6-8-18-9-7-14/h2-5,12H,6-9H2,1H3,(H,15,16)/t12-/m1/s1. The average Bonchev–Trinajstić information content (AvgIpc) is 2.40. The van der Waals surface area contributed by atoms with E-state index in [0.29, 0.717) is 0 Å². The van der Waals surface area contributed by atoms with Crippen LogP contribution in [0.5, 0.6) is 0 Å². The monoisotopic (exact) mass is 283 g/mol. The highest BCUT2D eigenvalue weighted by atomic mass is 32.2. The number of rotatable bonds is 4. The molecule has 3 nitrogen and oxygen atoms in total. The molecular formula is C13H17NO2S2. The van der Waals surface area contributed by atoms with E-state index in [-0.39, 0.29) is 0 Å². The van der Waals surface area contributed by atoms with Gasteiger partial charge in [0.2, 0.25) is 0 Å². The zero-order valence-electron chi connectivity index (χ0n) is 10.3. The summed E-state index contributed by atoms with van der Waals surface area (Å²) < 4.78 is 0. The topological polar surface area (TPSA) is 40.5 Å². The van der Waals surface area contributed by atoms with Crippen LogP contribution in [0.15, 0.2) is 29.2 Å². The Morgan fingerprint density at radius 1 is 1.39 bits per heavy atom. The third kappa shape index (κ3) is 3.02. The molecule has 1 heterocycles. The summed E-state index contributed by atoms with van der Waals surface area (Å²) in [5.74, 6) is 1.29. The third-order valence-electron chi connectivity index (χ3n) is 3.08. The van der Waals surface area contributed by atoms with Gasteiger partial charge >= 0.3 is 5.97 Å². The lowest BCUT2D eigenvalue weighted by molar-refractivity contribution is -0.143. The van der Waals surface area contributed by atoms with Crippen molar-refractivity contribution < 1.29 is 9.90 Å². The minimum atomic E-state index is -0.747. The first-order chi connectivity index (χ1) is 8.74. The summed E-state index contributed by atoms with van der Waals surface area (Å²) in [6.07, 6.45) is 1.99. The molecule has 0 saturated carbocycles. The van der Waals surface area contributed by atoms with E-state index in [1.54, 1.807) is 11.8 Å². The number of carboxylic acid groups (broad SMARTS) is 1. The van der Waals surface area contributed by atoms with Crippen molar-refractivity contribution in [3.8, 4) is 0 Å². The van der Waals surface area contributed by atoms with E-state index in [4.69, 9.17) is 0 Å². The number of nitrogens with zero attached hydrogens (tertiary/aromatic N) is 1. The summed E-state index contributed by atoms with van der Waals surface area (Å²) in [7, 11) is 0. The predicted molar refractivity (Wildman–Crippen MR) is 77.5 cm³/mol. The molecule has 0 amide bonds. The van der Waals surface area contributed by atoms with E-state index in [1.165, 1.54) is 0 Å². The van der Waals surface area contributed by atoms with E-state index in [2.05, 4.69) is 4.90 Å². The van der Waals surface area contributed by atoms with Gasteiger partial charge in [-0.2, -0.15) is 11.8 Å². The van der Waals surface area contributed by atoms with Crippen LogP contribution in [0.3, 0.4) is 0 Å². The van der Waals surface area contributed by atoms with Crippen LogP contribution >= 0.6 is 23.5 Å². The van der Waals surface area contributed by atoms with Gasteiger partial charge in [0.05, 0.1) is 0 Å². The summed E-state index contributed by atoms with van der Waals surface area (Å²) >= 11 is 3.50. The van der Waals surface area contributed by atoms with Gasteiger partial charge in [0, 0.05) is 29.5 Å². The molecule has 1 saturated heterocycles. The first-order valence-corrected chi connectivity index (χ1v) is 8.29. The van der Waals surface area contributed by atoms with Crippen LogP contribution in [0.25, 0.3) is 0 Å². The van der Waals surface area contributed by atoms with E-state index >= 15 is 0 Å². The molecule has 0 aliphatic carbocycles. The molecule has 0 bridgehead atoms. The highest BCUT2D eigenvalue weighted by Gasteiger charge is 2.30. The molecule has 5 heteroatoms. The SMILES string of the molecule is CSc1ccccc1[C@H](C(=O)O)N1CCSCC1. The molecule has 1 fully saturated rings. The van der Waals surface area contributed by atoms with Gasteiger partial charge in [0.25, 0.3) is 0 Å². The van der Waals surface area contributed by atoms with Crippen LogP contribution in [0, 0.1) is 0 Å². The van der Waals surface area contributed by atoms with Gasteiger partial charge in [-0.05, 0) is 17.9 Å². The third-order valence-corrected chi connectivity index (χ3v) is 4.83. The van der Waals surface area contributed by atoms with Crippen LogP contribution in [-0.2, 0) is 4.79 Å². The quantitative estimate of drug-likeness (QED) is 0.860. The lowest BCUT2D eigenvalue weighted by Crippen LogP contribution is -2.40. The summed E-state index contributed by atoms with van der Waals surface area (Å²) in [6.45, 7) is 1.70. The Labute approximate surface area is 116 Å². The number of benzene rings is 1. The number of aliphatic carboxylic acids is 1. The largest absolute Gasteiger partial charge is 0.480 e. The van der Waals surface area contributed by atoms with Crippen LogP contribution in [0.4, 0.5) is 0 Å². The van der Waals surface area contributed by atoms with Gasteiger partial charge in [-0.3, -0.25) is 9.69 Å². The second-order valence-electron chi connectivity index (χ2n) is 4.13. The van der Waals surface area contributed by atoms with Crippen molar-refractivity contribution in [1.29, 1.82) is 0 Å². The molecule has 0 spiro atoms. The maximum atomic E-state index is 11.6. The van der Waals surface area contributed by atoms with Crippen molar-refractivity contribution >= 4 is 29.5 Å². The maximum Gasteiger partial charge on any atom is 0.325 e. The van der Waals surface area contributed by atoms with E-state index in [1.807, 2.05) is 42.3 Å². The molecule has 1 aromatic rings. The van der Waals surface area contributed by atoms with E-state index in [0.717, 1.165) is 35.1 Å². The fraction of sp³-hybridized carbons (Fsp3) is 0.462. The van der Waals surface area contributed by atoms with Crippen molar-refractivity contribution in [2.24, 2.45) is 0 Å². The van der Waals surface area contributed by atoms with Gasteiger partial charge < -0.3 is 5.11 Å². The van der Waals surface area contributed by atoms with Gasteiger partial charge in [0.1, 0.15) is 6.04 Å². The normalized spacial score (nSPS) is 18.5. The molecule has 1 aliphatic heterocycles. The second-order valence-corrected chi connectivity index (χ2v) is 6.20. The number of thioether (sulfide) groups is 2. The van der Waals surface area contributed by atoms with Gasteiger partial charge in [-0.15, -0.1) is 11.8 Å². The van der Waals surface area contributed by atoms with Crippen LogP contribution in [0.1, 0.15) is 11.6 Å². The van der Waals surface area contributed by atoms with Crippen molar-refractivity contribution in [3.63, 3.8) is 0 Å². The molecule has 18 heavy (non-hydrogen) atoms. The summed E-state index contributed by atoms with van der Waals surface area (Å²) in [4.78, 5) is 14.7. The highest BCUT2D eigenvalue weighted by molar-refractivity contribution is 7.99. The Hall–Kier alpha value is -0.650. The first-order valence-electron chi connectivity index (χ1n) is 5.91. The minimum Gasteiger partial charge on any atom is -0.480 e. The smallest absolute Gasteiger partial charge is 0.325 e. The number of carbonyl (C=O) groups is 1. The van der Waals surface area contributed by atoms with Crippen LogP contribution in [-0.4, -0.2) is 46.8 Å². The van der Waals surface area contributed by atoms with Crippen molar-refractivity contribution in [3.05, 3.63) is 29.8 Å². The Kier molecular flexibility index (Phi) is 4.97. The number of hydrogen-bond donors (Lipinski definition) is 1. The molecule has 0 aromatic heterocycles. The molecule has 0 unspecified atom stereocenters. The lowest BCUT2D eigenvalue weighted by Gasteiger charge is -2.32. The van der Waals surface area contributed by atoms with Crippen LogP contribution < -0.4 is 0 Å².